The highest BCUT2D eigenvalue weighted by atomic mass is 127. The maximum absolute atomic E-state index is 12.6. The highest BCUT2D eigenvalue weighted by Gasteiger charge is 2.32. The molecular formula is C20H30IN5O2. The lowest BCUT2D eigenvalue weighted by atomic mass is 10.1. The van der Waals surface area contributed by atoms with Crippen molar-refractivity contribution in [2.45, 2.75) is 44.7 Å². The summed E-state index contributed by atoms with van der Waals surface area (Å²) in [5, 5.41) is 6.66. The minimum atomic E-state index is -0.433. The Morgan fingerprint density at radius 2 is 2.00 bits per heavy atom. The van der Waals surface area contributed by atoms with Gasteiger partial charge in [0, 0.05) is 44.2 Å². The molecule has 0 spiro atoms. The molecule has 1 aliphatic carbocycles. The number of nitrogens with two attached hydrogens (primary N) is 1. The van der Waals surface area contributed by atoms with E-state index in [9.17, 15) is 9.59 Å². The van der Waals surface area contributed by atoms with Gasteiger partial charge in [-0.15, -0.1) is 24.0 Å². The van der Waals surface area contributed by atoms with Crippen LogP contribution in [0.2, 0.25) is 0 Å². The first-order chi connectivity index (χ1) is 13.1. The van der Waals surface area contributed by atoms with Crippen LogP contribution < -0.4 is 16.4 Å². The predicted molar refractivity (Wildman–Crippen MR) is 121 cm³/mol. The van der Waals surface area contributed by atoms with E-state index in [4.69, 9.17) is 5.73 Å². The molecule has 1 aliphatic heterocycles. The van der Waals surface area contributed by atoms with Crippen LogP contribution in [0, 0.1) is 5.92 Å². The Kier molecular flexibility index (Phi) is 8.53. The van der Waals surface area contributed by atoms with Gasteiger partial charge >= 0.3 is 0 Å². The Balaban J connectivity index is 0.00000280. The molecule has 4 N–H and O–H groups in total. The van der Waals surface area contributed by atoms with Crippen LogP contribution in [0.3, 0.4) is 0 Å². The molecule has 28 heavy (non-hydrogen) atoms. The molecule has 1 aromatic rings. The number of primary amides is 1. The van der Waals surface area contributed by atoms with Crippen LogP contribution in [-0.4, -0.2) is 48.9 Å². The first-order valence-corrected chi connectivity index (χ1v) is 9.71. The highest BCUT2D eigenvalue weighted by molar-refractivity contribution is 14.0. The number of rotatable bonds is 5. The molecular weight excluding hydrogens is 469 g/mol. The van der Waals surface area contributed by atoms with Crippen LogP contribution in [-0.2, 0) is 11.3 Å². The highest BCUT2D eigenvalue weighted by Crippen LogP contribution is 2.27. The van der Waals surface area contributed by atoms with Gasteiger partial charge in [0.05, 0.1) is 0 Å². The molecule has 1 saturated heterocycles. The average molecular weight is 499 g/mol. The smallest absolute Gasteiger partial charge is 0.248 e. The van der Waals surface area contributed by atoms with Gasteiger partial charge in [-0.25, -0.2) is 0 Å². The van der Waals surface area contributed by atoms with E-state index in [-0.39, 0.29) is 35.9 Å². The lowest BCUT2D eigenvalue weighted by Gasteiger charge is -2.21. The molecule has 2 aliphatic rings. The Labute approximate surface area is 183 Å². The number of carbonyl (C=O) groups is 2. The van der Waals surface area contributed by atoms with Gasteiger partial charge < -0.3 is 21.3 Å². The van der Waals surface area contributed by atoms with Gasteiger partial charge in [0.1, 0.15) is 0 Å². The molecule has 2 amide bonds. The molecule has 1 saturated carbocycles. The van der Waals surface area contributed by atoms with Crippen molar-refractivity contribution < 1.29 is 9.59 Å². The fourth-order valence-electron chi connectivity index (χ4n) is 3.92. The summed E-state index contributed by atoms with van der Waals surface area (Å²) in [6.07, 6.45) is 5.37. The second-order valence-corrected chi connectivity index (χ2v) is 7.39. The van der Waals surface area contributed by atoms with Gasteiger partial charge in [0.25, 0.3) is 0 Å². The normalized spacial score (nSPS) is 20.0. The minimum absolute atomic E-state index is 0. The maximum Gasteiger partial charge on any atom is 0.248 e. The summed E-state index contributed by atoms with van der Waals surface area (Å²) in [7, 11) is 1.73. The first-order valence-electron chi connectivity index (χ1n) is 9.71. The van der Waals surface area contributed by atoms with E-state index < -0.39 is 5.91 Å². The zero-order valence-electron chi connectivity index (χ0n) is 16.3. The van der Waals surface area contributed by atoms with Gasteiger partial charge in [0.15, 0.2) is 5.96 Å². The van der Waals surface area contributed by atoms with Gasteiger partial charge in [-0.3, -0.25) is 14.6 Å². The molecule has 1 aromatic carbocycles. The van der Waals surface area contributed by atoms with Crippen molar-refractivity contribution in [3.63, 3.8) is 0 Å². The summed E-state index contributed by atoms with van der Waals surface area (Å²) in [5.41, 5.74) is 6.78. The van der Waals surface area contributed by atoms with E-state index in [1.165, 1.54) is 12.8 Å². The Morgan fingerprint density at radius 1 is 1.25 bits per heavy atom. The molecule has 8 heteroatoms. The third kappa shape index (κ3) is 5.83. The summed E-state index contributed by atoms with van der Waals surface area (Å²) >= 11 is 0. The van der Waals surface area contributed by atoms with Crippen LogP contribution >= 0.6 is 24.0 Å². The number of halogens is 1. The van der Waals surface area contributed by atoms with Crippen molar-refractivity contribution in [1.82, 2.24) is 15.5 Å². The molecule has 2 fully saturated rings. The summed E-state index contributed by atoms with van der Waals surface area (Å²) in [5.74, 6) is 0.818. The zero-order valence-corrected chi connectivity index (χ0v) is 18.6. The van der Waals surface area contributed by atoms with Crippen molar-refractivity contribution in [3.05, 3.63) is 35.4 Å². The van der Waals surface area contributed by atoms with Gasteiger partial charge in [0.2, 0.25) is 11.8 Å². The summed E-state index contributed by atoms with van der Waals surface area (Å²) in [4.78, 5) is 30.1. The first kappa shape index (κ1) is 22.4. The van der Waals surface area contributed by atoms with E-state index in [0.717, 1.165) is 37.9 Å². The van der Waals surface area contributed by atoms with E-state index in [1.807, 2.05) is 17.0 Å². The third-order valence-corrected chi connectivity index (χ3v) is 5.44. The summed E-state index contributed by atoms with van der Waals surface area (Å²) in [6, 6.07) is 7.44. The minimum Gasteiger partial charge on any atom is -0.366 e. The van der Waals surface area contributed by atoms with Crippen molar-refractivity contribution in [3.8, 4) is 0 Å². The van der Waals surface area contributed by atoms with E-state index in [2.05, 4.69) is 15.6 Å². The average Bonchev–Trinajstić information content (AvgIpc) is 3.37. The van der Waals surface area contributed by atoms with Gasteiger partial charge in [-0.2, -0.15) is 0 Å². The lowest BCUT2D eigenvalue weighted by Crippen LogP contribution is -2.45. The summed E-state index contributed by atoms with van der Waals surface area (Å²) in [6.45, 7) is 2.08. The zero-order chi connectivity index (χ0) is 19.2. The molecule has 1 atom stereocenters. The standard InChI is InChI=1S/C20H29N5O2.HI/c1-22-20(23-12-14-5-4-8-16(11-14)18(21)26)24-17-9-10-25(13-17)19(27)15-6-2-3-7-15;/h4-5,8,11,15,17H,2-3,6-7,9-10,12-13H2,1H3,(H2,21,26)(H2,22,23,24);1H. The number of benzene rings is 1. The third-order valence-electron chi connectivity index (χ3n) is 5.44. The molecule has 0 radical (unpaired) electrons. The fraction of sp³-hybridized carbons (Fsp3) is 0.550. The molecule has 1 unspecified atom stereocenters. The predicted octanol–water partition coefficient (Wildman–Crippen LogP) is 1.86. The van der Waals surface area contributed by atoms with Crippen LogP contribution in [0.15, 0.2) is 29.3 Å². The van der Waals surface area contributed by atoms with Crippen molar-refractivity contribution in [2.24, 2.45) is 16.6 Å². The van der Waals surface area contributed by atoms with Crippen molar-refractivity contribution in [1.29, 1.82) is 0 Å². The number of nitrogens with one attached hydrogen (secondary N) is 2. The maximum atomic E-state index is 12.6. The molecule has 154 valence electrons. The lowest BCUT2D eigenvalue weighted by molar-refractivity contribution is -0.134. The molecule has 0 aromatic heterocycles. The number of aliphatic imine (C=N–C) groups is 1. The monoisotopic (exact) mass is 499 g/mol. The van der Waals surface area contributed by atoms with Crippen molar-refractivity contribution >= 4 is 41.8 Å². The number of guanidine groups is 1. The van der Waals surface area contributed by atoms with Crippen LogP contribution in [0.1, 0.15) is 48.0 Å². The number of carbonyl (C=O) groups excluding carboxylic acids is 2. The number of amides is 2. The number of nitrogens with zero attached hydrogens (tertiary/aromatic N) is 2. The number of hydrogen-bond acceptors (Lipinski definition) is 3. The SMILES string of the molecule is CN=C(NCc1cccc(C(N)=O)c1)NC1CCN(C(=O)C2CCCC2)C1.I. The molecule has 7 nitrogen and oxygen atoms in total. The molecule has 0 bridgehead atoms. The molecule has 3 rings (SSSR count). The Hall–Kier alpha value is -1.84. The van der Waals surface area contributed by atoms with Gasteiger partial charge in [-0.1, -0.05) is 25.0 Å². The van der Waals surface area contributed by atoms with Gasteiger partial charge in [-0.05, 0) is 37.0 Å². The fourth-order valence-corrected chi connectivity index (χ4v) is 3.92. The Bertz CT molecular complexity index is 718. The van der Waals surface area contributed by atoms with E-state index in [1.54, 1.807) is 19.2 Å². The van der Waals surface area contributed by atoms with Crippen LogP contribution in [0.25, 0.3) is 0 Å². The second kappa shape index (κ2) is 10.6. The van der Waals surface area contributed by atoms with Crippen molar-refractivity contribution in [2.75, 3.05) is 20.1 Å². The summed E-state index contributed by atoms with van der Waals surface area (Å²) < 4.78 is 0. The largest absolute Gasteiger partial charge is 0.366 e. The Morgan fingerprint density at radius 3 is 2.68 bits per heavy atom. The van der Waals surface area contributed by atoms with Crippen LogP contribution in [0.4, 0.5) is 0 Å². The molecule has 1 heterocycles. The number of likely N-dealkylation sites (tertiary alicyclic amines) is 1. The van der Waals surface area contributed by atoms with E-state index >= 15 is 0 Å². The topological polar surface area (TPSA) is 99.8 Å². The number of hydrogen-bond donors (Lipinski definition) is 3. The second-order valence-electron chi connectivity index (χ2n) is 7.39. The van der Waals surface area contributed by atoms with E-state index in [0.29, 0.717) is 24.0 Å². The quantitative estimate of drug-likeness (QED) is 0.327. The van der Waals surface area contributed by atoms with Crippen LogP contribution in [0.5, 0.6) is 0 Å².